The van der Waals surface area contributed by atoms with Crippen molar-refractivity contribution in [3.63, 3.8) is 0 Å². The topological polar surface area (TPSA) is 70.4 Å². The summed E-state index contributed by atoms with van der Waals surface area (Å²) in [5.41, 5.74) is 2.79. The molecule has 0 unspecified atom stereocenters. The fraction of sp³-hybridized carbons (Fsp3) is 0. The molecule has 0 fully saturated rings. The number of nitrogens with zero attached hydrogens (tertiary/aromatic N) is 1. The molecule has 0 aliphatic rings. The molecule has 1 heterocycles. The van der Waals surface area contributed by atoms with Gasteiger partial charge in [0.1, 0.15) is 5.75 Å². The van der Waals surface area contributed by atoms with Gasteiger partial charge < -0.3 is 10.2 Å². The van der Waals surface area contributed by atoms with Gasteiger partial charge in [0.25, 0.3) is 0 Å². The molecule has 4 nitrogen and oxygen atoms in total. The molecule has 2 aromatic rings. The van der Waals surface area contributed by atoms with Gasteiger partial charge in [0, 0.05) is 10.9 Å². The smallest absolute Gasteiger partial charge is 0.335 e. The van der Waals surface area contributed by atoms with Gasteiger partial charge in [0.2, 0.25) is 0 Å². The first-order valence-electron chi connectivity index (χ1n) is 4.13. The molecule has 1 aromatic heterocycles. The number of carboxylic acids is 1. The first-order chi connectivity index (χ1) is 7.18. The van der Waals surface area contributed by atoms with Crippen LogP contribution < -0.4 is 0 Å². The first kappa shape index (κ1) is 9.67. The van der Waals surface area contributed by atoms with Crippen LogP contribution in [-0.2, 0) is 0 Å². The summed E-state index contributed by atoms with van der Waals surface area (Å²) in [5.74, 6) is -0.989. The lowest BCUT2D eigenvalue weighted by Gasteiger charge is -2.02. The van der Waals surface area contributed by atoms with Crippen molar-refractivity contribution in [1.29, 1.82) is 0 Å². The van der Waals surface area contributed by atoms with Crippen molar-refractivity contribution in [2.24, 2.45) is 0 Å². The van der Waals surface area contributed by atoms with Crippen LogP contribution in [0.4, 0.5) is 0 Å². The highest BCUT2D eigenvalue weighted by molar-refractivity contribution is 7.07. The molecule has 0 atom stereocenters. The fourth-order valence-electron chi connectivity index (χ4n) is 1.22. The van der Waals surface area contributed by atoms with E-state index < -0.39 is 5.97 Å². The van der Waals surface area contributed by atoms with Gasteiger partial charge in [-0.3, -0.25) is 0 Å². The molecule has 0 radical (unpaired) electrons. The van der Waals surface area contributed by atoms with Gasteiger partial charge in [-0.1, -0.05) is 0 Å². The molecule has 0 saturated heterocycles. The number of benzene rings is 1. The average Bonchev–Trinajstić information content (AvgIpc) is 2.71. The van der Waals surface area contributed by atoms with Crippen LogP contribution in [0, 0.1) is 0 Å². The first-order valence-corrected chi connectivity index (χ1v) is 5.07. The Morgan fingerprint density at radius 1 is 1.40 bits per heavy atom. The van der Waals surface area contributed by atoms with Gasteiger partial charge in [-0.15, -0.1) is 11.3 Å². The van der Waals surface area contributed by atoms with Crippen LogP contribution in [0.3, 0.4) is 0 Å². The van der Waals surface area contributed by atoms with Crippen molar-refractivity contribution in [2.75, 3.05) is 0 Å². The second kappa shape index (κ2) is 3.70. The molecule has 5 heteroatoms. The Labute approximate surface area is 89.5 Å². The summed E-state index contributed by atoms with van der Waals surface area (Å²) < 4.78 is 0. The summed E-state index contributed by atoms with van der Waals surface area (Å²) in [6.45, 7) is 0. The van der Waals surface area contributed by atoms with Crippen LogP contribution in [0.15, 0.2) is 29.1 Å². The maximum atomic E-state index is 10.7. The van der Waals surface area contributed by atoms with E-state index in [9.17, 15) is 9.90 Å². The third-order valence-corrected chi connectivity index (χ3v) is 2.54. The normalized spacial score (nSPS) is 10.1. The Morgan fingerprint density at radius 2 is 2.20 bits per heavy atom. The Bertz CT molecular complexity index is 493. The van der Waals surface area contributed by atoms with Crippen LogP contribution in [0.2, 0.25) is 0 Å². The zero-order valence-corrected chi connectivity index (χ0v) is 8.36. The lowest BCUT2D eigenvalue weighted by molar-refractivity contribution is 0.0697. The molecule has 76 valence electrons. The third-order valence-electron chi connectivity index (χ3n) is 1.95. The van der Waals surface area contributed by atoms with Crippen molar-refractivity contribution < 1.29 is 15.0 Å². The summed E-state index contributed by atoms with van der Waals surface area (Å²) in [4.78, 5) is 14.7. The molecule has 0 aliphatic carbocycles. The molecule has 2 rings (SSSR count). The predicted octanol–water partition coefficient (Wildman–Crippen LogP) is 2.21. The lowest BCUT2D eigenvalue weighted by atomic mass is 10.1. The minimum absolute atomic E-state index is 0.0332. The predicted molar refractivity (Wildman–Crippen MR) is 56.2 cm³/mol. The molecule has 0 spiro atoms. The van der Waals surface area contributed by atoms with Crippen molar-refractivity contribution in [2.45, 2.75) is 0 Å². The maximum absolute atomic E-state index is 10.7. The third kappa shape index (κ3) is 1.82. The van der Waals surface area contributed by atoms with Gasteiger partial charge >= 0.3 is 5.97 Å². The van der Waals surface area contributed by atoms with Crippen molar-refractivity contribution >= 4 is 17.3 Å². The molecule has 0 aliphatic heterocycles. The van der Waals surface area contributed by atoms with Crippen LogP contribution in [-0.4, -0.2) is 21.2 Å². The van der Waals surface area contributed by atoms with Gasteiger partial charge in [-0.25, -0.2) is 9.78 Å². The van der Waals surface area contributed by atoms with Crippen LogP contribution >= 0.6 is 11.3 Å². The SMILES string of the molecule is O=C(O)c1ccc(O)c(-c2cscn2)c1. The second-order valence-corrected chi connectivity index (χ2v) is 3.63. The molecule has 0 amide bonds. The minimum atomic E-state index is -1.02. The average molecular weight is 221 g/mol. The largest absolute Gasteiger partial charge is 0.507 e. The summed E-state index contributed by atoms with van der Waals surface area (Å²) in [6.07, 6.45) is 0. The van der Waals surface area contributed by atoms with E-state index in [0.717, 1.165) is 0 Å². The number of aromatic nitrogens is 1. The summed E-state index contributed by atoms with van der Waals surface area (Å²) in [5, 5.41) is 20.1. The monoisotopic (exact) mass is 221 g/mol. The Hall–Kier alpha value is -1.88. The van der Waals surface area contributed by atoms with E-state index in [1.807, 2.05) is 0 Å². The standard InChI is InChI=1S/C10H7NO3S/c12-9-2-1-6(10(13)14)3-7(9)8-4-15-5-11-8/h1-5,12H,(H,13,14). The number of hydrogen-bond acceptors (Lipinski definition) is 4. The number of phenolic OH excluding ortho intramolecular Hbond substituents is 1. The van der Waals surface area contributed by atoms with Crippen molar-refractivity contribution in [3.05, 3.63) is 34.7 Å². The summed E-state index contributed by atoms with van der Waals surface area (Å²) in [7, 11) is 0. The number of thiazole rings is 1. The van der Waals surface area contributed by atoms with E-state index in [1.165, 1.54) is 29.5 Å². The second-order valence-electron chi connectivity index (χ2n) is 2.91. The molecular formula is C10H7NO3S. The summed E-state index contributed by atoms with van der Waals surface area (Å²) >= 11 is 1.39. The van der Waals surface area contributed by atoms with Crippen molar-refractivity contribution in [3.8, 4) is 17.0 Å². The van der Waals surface area contributed by atoms with Crippen LogP contribution in [0.1, 0.15) is 10.4 Å². The quantitative estimate of drug-likeness (QED) is 0.815. The molecule has 2 N–H and O–H groups in total. The van der Waals surface area contributed by atoms with E-state index >= 15 is 0 Å². The Kier molecular flexibility index (Phi) is 2.39. The Balaban J connectivity index is 2.55. The minimum Gasteiger partial charge on any atom is -0.507 e. The highest BCUT2D eigenvalue weighted by atomic mass is 32.1. The Morgan fingerprint density at radius 3 is 2.80 bits per heavy atom. The molecule has 1 aromatic carbocycles. The highest BCUT2D eigenvalue weighted by Gasteiger charge is 2.10. The maximum Gasteiger partial charge on any atom is 0.335 e. The van der Waals surface area contributed by atoms with E-state index in [-0.39, 0.29) is 11.3 Å². The van der Waals surface area contributed by atoms with Gasteiger partial charge in [0.15, 0.2) is 0 Å². The fourth-order valence-corrected chi connectivity index (χ4v) is 1.77. The number of carboxylic acid groups (broad SMARTS) is 1. The zero-order chi connectivity index (χ0) is 10.8. The number of aromatic hydroxyl groups is 1. The molecule has 0 bridgehead atoms. The lowest BCUT2D eigenvalue weighted by Crippen LogP contribution is -1.96. The number of rotatable bonds is 2. The molecule has 0 saturated carbocycles. The number of phenols is 1. The zero-order valence-electron chi connectivity index (χ0n) is 7.54. The van der Waals surface area contributed by atoms with Crippen molar-refractivity contribution in [1.82, 2.24) is 4.98 Å². The van der Waals surface area contributed by atoms with Gasteiger partial charge in [-0.2, -0.15) is 0 Å². The number of hydrogen-bond donors (Lipinski definition) is 2. The molecule has 15 heavy (non-hydrogen) atoms. The van der Waals surface area contributed by atoms with Crippen LogP contribution in [0.25, 0.3) is 11.3 Å². The van der Waals surface area contributed by atoms with E-state index in [2.05, 4.69) is 4.98 Å². The molecular weight excluding hydrogens is 214 g/mol. The van der Waals surface area contributed by atoms with E-state index in [1.54, 1.807) is 10.9 Å². The number of aromatic carboxylic acids is 1. The van der Waals surface area contributed by atoms with Gasteiger partial charge in [-0.05, 0) is 18.2 Å². The van der Waals surface area contributed by atoms with E-state index in [0.29, 0.717) is 11.3 Å². The van der Waals surface area contributed by atoms with Crippen LogP contribution in [0.5, 0.6) is 5.75 Å². The summed E-state index contributed by atoms with van der Waals surface area (Å²) in [6, 6.07) is 4.12. The van der Waals surface area contributed by atoms with E-state index in [4.69, 9.17) is 5.11 Å². The van der Waals surface area contributed by atoms with Gasteiger partial charge in [0.05, 0.1) is 16.8 Å². The highest BCUT2D eigenvalue weighted by Crippen LogP contribution is 2.29. The number of carbonyl (C=O) groups is 1.